The Balaban J connectivity index is 1.94. The molecular weight excluding hydrogens is 342 g/mol. The van der Waals surface area contributed by atoms with Crippen molar-refractivity contribution in [2.24, 2.45) is 0 Å². The fourth-order valence-electron chi connectivity index (χ4n) is 2.18. The highest BCUT2D eigenvalue weighted by atomic mass is 35.5. The number of hydrogen-bond donors (Lipinski definition) is 3. The van der Waals surface area contributed by atoms with Crippen molar-refractivity contribution < 1.29 is 14.3 Å². The SMILES string of the molecule is CNC(=O)c1ccc(Cl)c(NC(=O)NCc2ccc(COC)cc2)c1. The van der Waals surface area contributed by atoms with Gasteiger partial charge in [-0.05, 0) is 29.3 Å². The number of amides is 3. The Morgan fingerprint density at radius 2 is 1.76 bits per heavy atom. The second-order valence-corrected chi connectivity index (χ2v) is 5.74. The summed E-state index contributed by atoms with van der Waals surface area (Å²) < 4.78 is 5.06. The summed E-state index contributed by atoms with van der Waals surface area (Å²) in [6, 6.07) is 12.0. The monoisotopic (exact) mass is 361 g/mol. The van der Waals surface area contributed by atoms with Crippen LogP contribution in [0, 0.1) is 0 Å². The molecule has 0 aliphatic carbocycles. The molecule has 0 aliphatic heterocycles. The fraction of sp³-hybridized carbons (Fsp3) is 0.222. The molecule has 0 heterocycles. The van der Waals surface area contributed by atoms with Gasteiger partial charge in [-0.15, -0.1) is 0 Å². The number of carbonyl (C=O) groups is 2. The highest BCUT2D eigenvalue weighted by molar-refractivity contribution is 6.33. The minimum Gasteiger partial charge on any atom is -0.380 e. The third-order valence-electron chi connectivity index (χ3n) is 3.49. The number of rotatable bonds is 6. The summed E-state index contributed by atoms with van der Waals surface area (Å²) in [5.74, 6) is -0.253. The minimum absolute atomic E-state index is 0.253. The number of hydrogen-bond acceptors (Lipinski definition) is 3. The molecule has 0 unspecified atom stereocenters. The van der Waals surface area contributed by atoms with E-state index in [-0.39, 0.29) is 5.91 Å². The lowest BCUT2D eigenvalue weighted by atomic mass is 10.1. The van der Waals surface area contributed by atoms with Crippen LogP contribution < -0.4 is 16.0 Å². The highest BCUT2D eigenvalue weighted by Crippen LogP contribution is 2.23. The number of urea groups is 1. The molecule has 6 nitrogen and oxygen atoms in total. The van der Waals surface area contributed by atoms with Crippen molar-refractivity contribution in [2.75, 3.05) is 19.5 Å². The first-order valence-corrected chi connectivity index (χ1v) is 8.04. The Hall–Kier alpha value is -2.57. The number of halogens is 1. The lowest BCUT2D eigenvalue weighted by Gasteiger charge is -2.11. The molecule has 0 saturated carbocycles. The minimum atomic E-state index is -0.406. The Bertz CT molecular complexity index is 748. The molecule has 0 aromatic heterocycles. The molecule has 0 radical (unpaired) electrons. The van der Waals surface area contributed by atoms with E-state index in [4.69, 9.17) is 16.3 Å². The number of anilines is 1. The third kappa shape index (κ3) is 5.48. The maximum absolute atomic E-state index is 12.1. The van der Waals surface area contributed by atoms with Crippen molar-refractivity contribution in [3.8, 4) is 0 Å². The topological polar surface area (TPSA) is 79.5 Å². The van der Waals surface area contributed by atoms with E-state index >= 15 is 0 Å². The Kier molecular flexibility index (Phi) is 6.80. The summed E-state index contributed by atoms with van der Waals surface area (Å²) in [6.45, 7) is 0.917. The van der Waals surface area contributed by atoms with Gasteiger partial charge in [-0.3, -0.25) is 4.79 Å². The molecule has 0 saturated heterocycles. The first kappa shape index (κ1) is 18.8. The Morgan fingerprint density at radius 3 is 2.40 bits per heavy atom. The van der Waals surface area contributed by atoms with Gasteiger partial charge in [0.25, 0.3) is 5.91 Å². The second kappa shape index (κ2) is 9.05. The van der Waals surface area contributed by atoms with Gasteiger partial charge in [0.05, 0.1) is 17.3 Å². The fourth-order valence-corrected chi connectivity index (χ4v) is 2.34. The maximum atomic E-state index is 12.1. The van der Waals surface area contributed by atoms with Crippen LogP contribution in [-0.4, -0.2) is 26.1 Å². The summed E-state index contributed by atoms with van der Waals surface area (Å²) >= 11 is 6.07. The zero-order chi connectivity index (χ0) is 18.2. The summed E-state index contributed by atoms with van der Waals surface area (Å²) in [5, 5.41) is 8.27. The lowest BCUT2D eigenvalue weighted by molar-refractivity contribution is 0.0963. The molecular formula is C18H20ClN3O3. The van der Waals surface area contributed by atoms with Crippen LogP contribution >= 0.6 is 11.6 Å². The summed E-state index contributed by atoms with van der Waals surface area (Å²) in [7, 11) is 3.18. The van der Waals surface area contributed by atoms with E-state index in [0.717, 1.165) is 11.1 Å². The van der Waals surface area contributed by atoms with E-state index in [1.807, 2.05) is 24.3 Å². The summed E-state index contributed by atoms with van der Waals surface area (Å²) in [4.78, 5) is 23.7. The van der Waals surface area contributed by atoms with Crippen LogP contribution in [0.15, 0.2) is 42.5 Å². The van der Waals surface area contributed by atoms with Crippen LogP contribution in [0.1, 0.15) is 21.5 Å². The van der Waals surface area contributed by atoms with E-state index in [9.17, 15) is 9.59 Å². The van der Waals surface area contributed by atoms with Crippen molar-refractivity contribution in [2.45, 2.75) is 13.2 Å². The molecule has 0 aliphatic rings. The zero-order valence-corrected chi connectivity index (χ0v) is 14.8. The number of ether oxygens (including phenoxy) is 1. The van der Waals surface area contributed by atoms with Crippen LogP contribution in [0.4, 0.5) is 10.5 Å². The summed E-state index contributed by atoms with van der Waals surface area (Å²) in [5.41, 5.74) is 2.81. The molecule has 7 heteroatoms. The van der Waals surface area contributed by atoms with Gasteiger partial charge in [0, 0.05) is 26.3 Å². The molecule has 0 fully saturated rings. The Morgan fingerprint density at radius 1 is 1.08 bits per heavy atom. The number of nitrogens with one attached hydrogen (secondary N) is 3. The molecule has 3 N–H and O–H groups in total. The quantitative estimate of drug-likeness (QED) is 0.739. The Labute approximate surface area is 151 Å². The van der Waals surface area contributed by atoms with Crippen LogP contribution in [0.2, 0.25) is 5.02 Å². The van der Waals surface area contributed by atoms with E-state index in [1.165, 1.54) is 13.1 Å². The van der Waals surface area contributed by atoms with E-state index < -0.39 is 6.03 Å². The highest BCUT2D eigenvalue weighted by Gasteiger charge is 2.10. The zero-order valence-electron chi connectivity index (χ0n) is 14.1. The molecule has 0 spiro atoms. The van der Waals surface area contributed by atoms with Crippen molar-refractivity contribution in [3.05, 3.63) is 64.2 Å². The standard InChI is InChI=1S/C18H20ClN3O3/c1-20-17(23)14-7-8-15(19)16(9-14)22-18(24)21-10-12-3-5-13(6-4-12)11-25-2/h3-9H,10-11H2,1-2H3,(H,20,23)(H2,21,22,24). The van der Waals surface area contributed by atoms with Gasteiger partial charge >= 0.3 is 6.03 Å². The molecule has 2 aromatic rings. The van der Waals surface area contributed by atoms with Crippen LogP contribution in [0.25, 0.3) is 0 Å². The van der Waals surface area contributed by atoms with Gasteiger partial charge in [-0.2, -0.15) is 0 Å². The van der Waals surface area contributed by atoms with Gasteiger partial charge in [-0.1, -0.05) is 35.9 Å². The van der Waals surface area contributed by atoms with E-state index in [1.54, 1.807) is 19.2 Å². The molecule has 0 bridgehead atoms. The molecule has 3 amide bonds. The second-order valence-electron chi connectivity index (χ2n) is 5.33. The summed E-state index contributed by atoms with van der Waals surface area (Å²) in [6.07, 6.45) is 0. The van der Waals surface area contributed by atoms with Gasteiger partial charge in [0.15, 0.2) is 0 Å². The smallest absolute Gasteiger partial charge is 0.319 e. The van der Waals surface area contributed by atoms with E-state index in [2.05, 4.69) is 16.0 Å². The van der Waals surface area contributed by atoms with Crippen LogP contribution in [0.5, 0.6) is 0 Å². The van der Waals surface area contributed by atoms with Crippen molar-refractivity contribution in [3.63, 3.8) is 0 Å². The molecule has 0 atom stereocenters. The van der Waals surface area contributed by atoms with Gasteiger partial charge in [-0.25, -0.2) is 4.79 Å². The first-order valence-electron chi connectivity index (χ1n) is 7.66. The molecule has 25 heavy (non-hydrogen) atoms. The average molecular weight is 362 g/mol. The van der Waals surface area contributed by atoms with Crippen LogP contribution in [-0.2, 0) is 17.9 Å². The first-order chi connectivity index (χ1) is 12.0. The maximum Gasteiger partial charge on any atom is 0.319 e. The van der Waals surface area contributed by atoms with Crippen molar-refractivity contribution in [1.82, 2.24) is 10.6 Å². The number of methoxy groups -OCH3 is 1. The lowest BCUT2D eigenvalue weighted by Crippen LogP contribution is -2.28. The average Bonchev–Trinajstić information content (AvgIpc) is 2.62. The van der Waals surface area contributed by atoms with Crippen molar-refractivity contribution >= 4 is 29.2 Å². The molecule has 132 valence electrons. The normalized spacial score (nSPS) is 10.2. The largest absolute Gasteiger partial charge is 0.380 e. The molecule has 2 aromatic carbocycles. The number of benzene rings is 2. The van der Waals surface area contributed by atoms with E-state index in [0.29, 0.717) is 29.4 Å². The molecule has 2 rings (SSSR count). The van der Waals surface area contributed by atoms with Gasteiger partial charge in [0.1, 0.15) is 0 Å². The predicted octanol–water partition coefficient (Wildman–Crippen LogP) is 3.17. The van der Waals surface area contributed by atoms with Gasteiger partial charge in [0.2, 0.25) is 0 Å². The number of carbonyl (C=O) groups excluding carboxylic acids is 2. The third-order valence-corrected chi connectivity index (χ3v) is 3.82. The van der Waals surface area contributed by atoms with Gasteiger partial charge < -0.3 is 20.7 Å². The van der Waals surface area contributed by atoms with Crippen LogP contribution in [0.3, 0.4) is 0 Å². The predicted molar refractivity (Wildman–Crippen MR) is 97.9 cm³/mol. The van der Waals surface area contributed by atoms with Crippen molar-refractivity contribution in [1.29, 1.82) is 0 Å².